The van der Waals surface area contributed by atoms with Gasteiger partial charge in [0.2, 0.25) is 0 Å². The van der Waals surface area contributed by atoms with Crippen molar-refractivity contribution in [3.8, 4) is 5.75 Å². The van der Waals surface area contributed by atoms with Crippen LogP contribution in [0.15, 0.2) is 41.3 Å². The van der Waals surface area contributed by atoms with Crippen molar-refractivity contribution in [2.45, 2.75) is 17.6 Å². The molecule has 1 aromatic heterocycles. The Morgan fingerprint density at radius 2 is 1.95 bits per heavy atom. The zero-order valence-corrected chi connectivity index (χ0v) is 12.1. The number of halogens is 1. The molecule has 1 aromatic carbocycles. The first-order valence-electron chi connectivity index (χ1n) is 6.00. The topological polar surface area (TPSA) is 45.1 Å². The third-order valence-corrected chi connectivity index (χ3v) is 3.86. The van der Waals surface area contributed by atoms with E-state index in [1.54, 1.807) is 23.9 Å². The molecule has 100 valence electrons. The molecular formula is C14H15ClN2OS. The number of anilines is 1. The van der Waals surface area contributed by atoms with E-state index in [9.17, 15) is 5.11 Å². The molecule has 3 nitrogen and oxygen atoms in total. The Morgan fingerprint density at radius 1 is 1.21 bits per heavy atom. The second kappa shape index (κ2) is 6.68. The number of phenolic OH excluding ortho intramolecular Hbond substituents is 1. The van der Waals surface area contributed by atoms with E-state index < -0.39 is 0 Å². The summed E-state index contributed by atoms with van der Waals surface area (Å²) in [5.41, 5.74) is 0.859. The number of benzene rings is 1. The van der Waals surface area contributed by atoms with Crippen LogP contribution in [0.3, 0.4) is 0 Å². The van der Waals surface area contributed by atoms with Gasteiger partial charge in [-0.3, -0.25) is 0 Å². The number of hydrogen-bond donors (Lipinski definition) is 2. The Bertz CT molecular complexity index is 546. The zero-order valence-electron chi connectivity index (χ0n) is 10.6. The summed E-state index contributed by atoms with van der Waals surface area (Å²) >= 11 is 7.78. The first kappa shape index (κ1) is 14.0. The molecule has 19 heavy (non-hydrogen) atoms. The quantitative estimate of drug-likeness (QED) is 0.813. The standard InChI is InChI=1S/C14H15ClN2OS/c1-2-16-14-8-7-12(15)13(17-14)9-19-11-5-3-10(18)4-6-11/h3-8,18H,2,9H2,1H3,(H,16,17). The first-order valence-corrected chi connectivity index (χ1v) is 7.36. The van der Waals surface area contributed by atoms with Crippen molar-refractivity contribution in [3.05, 3.63) is 47.1 Å². The van der Waals surface area contributed by atoms with Gasteiger partial charge >= 0.3 is 0 Å². The Hall–Kier alpha value is -1.39. The minimum Gasteiger partial charge on any atom is -0.508 e. The van der Waals surface area contributed by atoms with E-state index in [-0.39, 0.29) is 5.75 Å². The van der Waals surface area contributed by atoms with Crippen LogP contribution >= 0.6 is 23.4 Å². The smallest absolute Gasteiger partial charge is 0.126 e. The fraction of sp³-hybridized carbons (Fsp3) is 0.214. The summed E-state index contributed by atoms with van der Waals surface area (Å²) < 4.78 is 0. The number of nitrogens with one attached hydrogen (secondary N) is 1. The highest BCUT2D eigenvalue weighted by atomic mass is 35.5. The van der Waals surface area contributed by atoms with Crippen LogP contribution in [0, 0.1) is 0 Å². The molecule has 0 amide bonds. The van der Waals surface area contributed by atoms with Crippen LogP contribution in [-0.4, -0.2) is 16.6 Å². The Kier molecular flexibility index (Phi) is 4.93. The number of aromatic nitrogens is 1. The van der Waals surface area contributed by atoms with Gasteiger partial charge in [-0.2, -0.15) is 0 Å². The SMILES string of the molecule is CCNc1ccc(Cl)c(CSc2ccc(O)cc2)n1. The van der Waals surface area contributed by atoms with Gasteiger partial charge in [0.1, 0.15) is 11.6 Å². The molecule has 0 spiro atoms. The van der Waals surface area contributed by atoms with E-state index in [1.807, 2.05) is 31.2 Å². The van der Waals surface area contributed by atoms with Crippen LogP contribution in [0.1, 0.15) is 12.6 Å². The van der Waals surface area contributed by atoms with Crippen LogP contribution in [0.25, 0.3) is 0 Å². The maximum atomic E-state index is 9.23. The van der Waals surface area contributed by atoms with Crippen molar-refractivity contribution in [1.29, 1.82) is 0 Å². The normalized spacial score (nSPS) is 10.4. The monoisotopic (exact) mass is 294 g/mol. The second-order valence-electron chi connectivity index (χ2n) is 3.94. The van der Waals surface area contributed by atoms with E-state index in [0.29, 0.717) is 10.8 Å². The summed E-state index contributed by atoms with van der Waals surface area (Å²) in [6, 6.07) is 10.8. The molecule has 0 aliphatic heterocycles. The molecule has 0 aliphatic rings. The van der Waals surface area contributed by atoms with Gasteiger partial charge < -0.3 is 10.4 Å². The zero-order chi connectivity index (χ0) is 13.7. The molecule has 1 heterocycles. The molecule has 0 unspecified atom stereocenters. The molecule has 0 radical (unpaired) electrons. The lowest BCUT2D eigenvalue weighted by Gasteiger charge is -2.07. The number of aromatic hydroxyl groups is 1. The third-order valence-electron chi connectivity index (χ3n) is 2.49. The lowest BCUT2D eigenvalue weighted by Crippen LogP contribution is -2.01. The molecule has 0 bridgehead atoms. The number of phenols is 1. The molecule has 0 fully saturated rings. The van der Waals surface area contributed by atoms with Gasteiger partial charge in [-0.25, -0.2) is 4.98 Å². The largest absolute Gasteiger partial charge is 0.508 e. The molecule has 0 atom stereocenters. The van der Waals surface area contributed by atoms with Gasteiger partial charge in [-0.1, -0.05) is 11.6 Å². The van der Waals surface area contributed by atoms with Gasteiger partial charge in [-0.05, 0) is 43.3 Å². The van der Waals surface area contributed by atoms with Crippen molar-refractivity contribution in [3.63, 3.8) is 0 Å². The maximum Gasteiger partial charge on any atom is 0.126 e. The molecule has 2 aromatic rings. The van der Waals surface area contributed by atoms with E-state index in [2.05, 4.69) is 10.3 Å². The van der Waals surface area contributed by atoms with Crippen LogP contribution < -0.4 is 5.32 Å². The maximum absolute atomic E-state index is 9.23. The average molecular weight is 295 g/mol. The lowest BCUT2D eigenvalue weighted by molar-refractivity contribution is 0.475. The summed E-state index contributed by atoms with van der Waals surface area (Å²) in [6.45, 7) is 2.86. The molecule has 2 rings (SSSR count). The van der Waals surface area contributed by atoms with Crippen LogP contribution in [0.5, 0.6) is 5.75 Å². The number of thioether (sulfide) groups is 1. The summed E-state index contributed by atoms with van der Waals surface area (Å²) in [4.78, 5) is 5.56. The number of rotatable bonds is 5. The molecule has 2 N–H and O–H groups in total. The van der Waals surface area contributed by atoms with Crippen LogP contribution in [0.4, 0.5) is 5.82 Å². The van der Waals surface area contributed by atoms with E-state index in [1.165, 1.54) is 0 Å². The Balaban J connectivity index is 2.05. The van der Waals surface area contributed by atoms with Gasteiger partial charge in [0.15, 0.2) is 0 Å². The fourth-order valence-electron chi connectivity index (χ4n) is 1.56. The highest BCUT2D eigenvalue weighted by Crippen LogP contribution is 2.27. The van der Waals surface area contributed by atoms with Crippen molar-refractivity contribution in [1.82, 2.24) is 4.98 Å². The van der Waals surface area contributed by atoms with Gasteiger partial charge in [0, 0.05) is 17.2 Å². The summed E-state index contributed by atoms with van der Waals surface area (Å²) in [7, 11) is 0. The molecule has 0 aliphatic carbocycles. The molecular weight excluding hydrogens is 280 g/mol. The number of hydrogen-bond acceptors (Lipinski definition) is 4. The first-order chi connectivity index (χ1) is 9.19. The minimum absolute atomic E-state index is 0.273. The van der Waals surface area contributed by atoms with E-state index in [0.717, 1.165) is 23.0 Å². The third kappa shape index (κ3) is 4.04. The van der Waals surface area contributed by atoms with Crippen molar-refractivity contribution in [2.75, 3.05) is 11.9 Å². The molecule has 5 heteroatoms. The predicted octanol–water partition coefficient (Wildman–Crippen LogP) is 4.16. The predicted molar refractivity (Wildman–Crippen MR) is 81.1 cm³/mol. The Morgan fingerprint density at radius 3 is 2.63 bits per heavy atom. The summed E-state index contributed by atoms with van der Waals surface area (Å²) in [6.07, 6.45) is 0. The van der Waals surface area contributed by atoms with Crippen molar-refractivity contribution >= 4 is 29.2 Å². The highest BCUT2D eigenvalue weighted by Gasteiger charge is 2.05. The summed E-state index contributed by atoms with van der Waals surface area (Å²) in [5.74, 6) is 1.81. The van der Waals surface area contributed by atoms with Crippen LogP contribution in [0.2, 0.25) is 5.02 Å². The molecule has 0 saturated heterocycles. The highest BCUT2D eigenvalue weighted by molar-refractivity contribution is 7.98. The van der Waals surface area contributed by atoms with Crippen LogP contribution in [-0.2, 0) is 5.75 Å². The second-order valence-corrected chi connectivity index (χ2v) is 5.39. The van der Waals surface area contributed by atoms with Gasteiger partial charge in [-0.15, -0.1) is 11.8 Å². The lowest BCUT2D eigenvalue weighted by atomic mass is 10.3. The van der Waals surface area contributed by atoms with Gasteiger partial charge in [0.05, 0.1) is 10.7 Å². The minimum atomic E-state index is 0.273. The molecule has 0 saturated carbocycles. The van der Waals surface area contributed by atoms with Crippen molar-refractivity contribution in [2.24, 2.45) is 0 Å². The fourth-order valence-corrected chi connectivity index (χ4v) is 2.66. The van der Waals surface area contributed by atoms with E-state index in [4.69, 9.17) is 11.6 Å². The van der Waals surface area contributed by atoms with Crippen molar-refractivity contribution < 1.29 is 5.11 Å². The average Bonchev–Trinajstić information content (AvgIpc) is 2.41. The Labute approximate surface area is 122 Å². The number of nitrogens with zero attached hydrogens (tertiary/aromatic N) is 1. The number of pyridine rings is 1. The van der Waals surface area contributed by atoms with E-state index >= 15 is 0 Å². The van der Waals surface area contributed by atoms with Gasteiger partial charge in [0.25, 0.3) is 0 Å². The summed E-state index contributed by atoms with van der Waals surface area (Å²) in [5, 5.41) is 13.1.